The highest BCUT2D eigenvalue weighted by Crippen LogP contribution is 2.03. The van der Waals surface area contributed by atoms with Gasteiger partial charge in [0.25, 0.3) is 0 Å². The lowest BCUT2D eigenvalue weighted by molar-refractivity contribution is 0.723. The molecule has 0 heterocycles. The number of aliphatic imine (C=N–C) groups is 1. The van der Waals surface area contributed by atoms with E-state index in [4.69, 9.17) is 5.73 Å². The van der Waals surface area contributed by atoms with Gasteiger partial charge in [0.1, 0.15) is 0 Å². The van der Waals surface area contributed by atoms with Crippen LogP contribution in [0.5, 0.6) is 0 Å². The largest absolute Gasteiger partial charge is 0.370 e. The van der Waals surface area contributed by atoms with Crippen LogP contribution in [0.25, 0.3) is 0 Å². The van der Waals surface area contributed by atoms with Gasteiger partial charge in [-0.25, -0.2) is 0 Å². The average Bonchev–Trinajstić information content (AvgIpc) is 2.20. The van der Waals surface area contributed by atoms with Crippen LogP contribution in [0.1, 0.15) is 25.0 Å². The molecule has 0 amide bonds. The van der Waals surface area contributed by atoms with Crippen LogP contribution >= 0.6 is 24.0 Å². The van der Waals surface area contributed by atoms with Crippen molar-refractivity contribution < 1.29 is 0 Å². The summed E-state index contributed by atoms with van der Waals surface area (Å²) in [4.78, 5) is 4.27. The molecule has 0 saturated heterocycles. The number of rotatable bonds is 4. The molecule has 0 aromatic heterocycles. The van der Waals surface area contributed by atoms with Crippen molar-refractivity contribution in [2.24, 2.45) is 10.7 Å². The highest BCUT2D eigenvalue weighted by Gasteiger charge is 1.95. The van der Waals surface area contributed by atoms with Crippen molar-refractivity contribution in [3.63, 3.8) is 0 Å². The molecule has 0 aliphatic rings. The van der Waals surface area contributed by atoms with Crippen LogP contribution in [-0.4, -0.2) is 18.5 Å². The molecule has 0 unspecified atom stereocenters. The first-order chi connectivity index (χ1) is 7.58. The first-order valence-corrected chi connectivity index (χ1v) is 5.70. The summed E-state index contributed by atoms with van der Waals surface area (Å²) in [6.07, 6.45) is 0.931. The number of hydrogen-bond donors (Lipinski definition) is 2. The molecule has 1 aromatic carbocycles. The second-order valence-electron chi connectivity index (χ2n) is 4.30. The molecular formula is C13H22IN3. The monoisotopic (exact) mass is 347 g/mol. The van der Waals surface area contributed by atoms with Crippen LogP contribution < -0.4 is 11.1 Å². The van der Waals surface area contributed by atoms with Crippen molar-refractivity contribution in [3.8, 4) is 0 Å². The van der Waals surface area contributed by atoms with Gasteiger partial charge in [-0.15, -0.1) is 24.0 Å². The smallest absolute Gasteiger partial charge is 0.188 e. The topological polar surface area (TPSA) is 50.4 Å². The molecule has 4 heteroatoms. The van der Waals surface area contributed by atoms with E-state index in [2.05, 4.69) is 41.5 Å². The van der Waals surface area contributed by atoms with E-state index >= 15 is 0 Å². The highest BCUT2D eigenvalue weighted by molar-refractivity contribution is 14.0. The molecule has 0 spiro atoms. The summed E-state index contributed by atoms with van der Waals surface area (Å²) in [7, 11) is 0. The molecule has 0 fully saturated rings. The Morgan fingerprint density at radius 2 is 1.88 bits per heavy atom. The lowest BCUT2D eigenvalue weighted by atomic mass is 10.1. The third-order valence-corrected chi connectivity index (χ3v) is 2.24. The van der Waals surface area contributed by atoms with Gasteiger partial charge in [0.15, 0.2) is 5.96 Å². The van der Waals surface area contributed by atoms with Crippen LogP contribution in [0.15, 0.2) is 29.3 Å². The van der Waals surface area contributed by atoms with Crippen LogP contribution in [0.4, 0.5) is 0 Å². The van der Waals surface area contributed by atoms with E-state index in [1.807, 2.05) is 13.8 Å². The van der Waals surface area contributed by atoms with E-state index in [0.717, 1.165) is 13.0 Å². The Morgan fingerprint density at radius 3 is 2.41 bits per heavy atom. The molecule has 1 rings (SSSR count). The van der Waals surface area contributed by atoms with Gasteiger partial charge in [-0.05, 0) is 32.8 Å². The number of nitrogens with two attached hydrogens (primary N) is 1. The molecule has 96 valence electrons. The SMILES string of the molecule is Cc1ccc(CCN=C(N)NC(C)C)cc1.I. The fourth-order valence-electron chi connectivity index (χ4n) is 1.40. The maximum atomic E-state index is 5.70. The van der Waals surface area contributed by atoms with Gasteiger partial charge >= 0.3 is 0 Å². The van der Waals surface area contributed by atoms with Gasteiger partial charge in [-0.1, -0.05) is 29.8 Å². The molecule has 0 aliphatic heterocycles. The predicted molar refractivity (Wildman–Crippen MR) is 85.1 cm³/mol. The van der Waals surface area contributed by atoms with Crippen LogP contribution in [0.2, 0.25) is 0 Å². The Hall–Kier alpha value is -0.780. The number of guanidine groups is 1. The van der Waals surface area contributed by atoms with Crippen molar-refractivity contribution >= 4 is 29.9 Å². The number of benzene rings is 1. The normalized spacial score (nSPS) is 11.2. The van der Waals surface area contributed by atoms with E-state index in [1.54, 1.807) is 0 Å². The summed E-state index contributed by atoms with van der Waals surface area (Å²) in [5.74, 6) is 0.530. The maximum absolute atomic E-state index is 5.70. The van der Waals surface area contributed by atoms with E-state index < -0.39 is 0 Å². The van der Waals surface area contributed by atoms with E-state index in [9.17, 15) is 0 Å². The second-order valence-corrected chi connectivity index (χ2v) is 4.30. The van der Waals surface area contributed by atoms with Gasteiger partial charge in [-0.3, -0.25) is 4.99 Å². The number of halogens is 1. The standard InChI is InChI=1S/C13H21N3.HI/c1-10(2)16-13(14)15-9-8-12-6-4-11(3)5-7-12;/h4-7,10H,8-9H2,1-3H3,(H3,14,15,16);1H. The quantitative estimate of drug-likeness (QED) is 0.499. The second kappa shape index (κ2) is 8.33. The minimum atomic E-state index is 0. The molecular weight excluding hydrogens is 325 g/mol. The summed E-state index contributed by atoms with van der Waals surface area (Å²) in [5, 5.41) is 3.07. The number of nitrogens with zero attached hydrogens (tertiary/aromatic N) is 1. The van der Waals surface area contributed by atoms with Gasteiger partial charge < -0.3 is 11.1 Å². The van der Waals surface area contributed by atoms with Gasteiger partial charge in [-0.2, -0.15) is 0 Å². The summed E-state index contributed by atoms with van der Waals surface area (Å²) < 4.78 is 0. The van der Waals surface area contributed by atoms with Crippen molar-refractivity contribution in [2.45, 2.75) is 33.2 Å². The van der Waals surface area contributed by atoms with E-state index in [1.165, 1.54) is 11.1 Å². The fraction of sp³-hybridized carbons (Fsp3) is 0.462. The number of aryl methyl sites for hydroxylation is 1. The van der Waals surface area contributed by atoms with E-state index in [0.29, 0.717) is 12.0 Å². The Morgan fingerprint density at radius 1 is 1.29 bits per heavy atom. The summed E-state index contributed by atoms with van der Waals surface area (Å²) in [6, 6.07) is 8.85. The predicted octanol–water partition coefficient (Wildman–Crippen LogP) is 2.47. The first kappa shape index (κ1) is 16.2. The Bertz CT molecular complexity index is 344. The third kappa shape index (κ3) is 7.20. The molecule has 0 atom stereocenters. The molecule has 0 bridgehead atoms. The lowest BCUT2D eigenvalue weighted by Gasteiger charge is -2.08. The van der Waals surface area contributed by atoms with Gasteiger partial charge in [0.2, 0.25) is 0 Å². The Kier molecular flexibility index (Phi) is 7.95. The van der Waals surface area contributed by atoms with Crippen molar-refractivity contribution in [2.75, 3.05) is 6.54 Å². The van der Waals surface area contributed by atoms with Crippen LogP contribution in [0.3, 0.4) is 0 Å². The number of nitrogens with one attached hydrogen (secondary N) is 1. The fourth-order valence-corrected chi connectivity index (χ4v) is 1.40. The van der Waals surface area contributed by atoms with E-state index in [-0.39, 0.29) is 24.0 Å². The van der Waals surface area contributed by atoms with Crippen LogP contribution in [-0.2, 0) is 6.42 Å². The first-order valence-electron chi connectivity index (χ1n) is 5.70. The maximum Gasteiger partial charge on any atom is 0.188 e. The molecule has 0 radical (unpaired) electrons. The zero-order valence-corrected chi connectivity index (χ0v) is 13.1. The summed E-state index contributed by atoms with van der Waals surface area (Å²) in [5.41, 5.74) is 8.29. The molecule has 3 nitrogen and oxygen atoms in total. The molecule has 0 saturated carbocycles. The lowest BCUT2D eigenvalue weighted by Crippen LogP contribution is -2.36. The zero-order valence-electron chi connectivity index (χ0n) is 10.7. The Labute approximate surface area is 121 Å². The minimum absolute atomic E-state index is 0. The molecule has 17 heavy (non-hydrogen) atoms. The molecule has 1 aromatic rings. The van der Waals surface area contributed by atoms with Crippen molar-refractivity contribution in [1.29, 1.82) is 0 Å². The highest BCUT2D eigenvalue weighted by atomic mass is 127. The van der Waals surface area contributed by atoms with Crippen molar-refractivity contribution in [3.05, 3.63) is 35.4 Å². The molecule has 3 N–H and O–H groups in total. The van der Waals surface area contributed by atoms with Gasteiger partial charge in [0, 0.05) is 12.6 Å². The average molecular weight is 347 g/mol. The minimum Gasteiger partial charge on any atom is -0.370 e. The summed E-state index contributed by atoms with van der Waals surface area (Å²) in [6.45, 7) is 6.91. The van der Waals surface area contributed by atoms with Gasteiger partial charge in [0.05, 0.1) is 0 Å². The van der Waals surface area contributed by atoms with Crippen LogP contribution in [0, 0.1) is 6.92 Å². The Balaban J connectivity index is 0.00000256. The van der Waals surface area contributed by atoms with Crippen molar-refractivity contribution in [1.82, 2.24) is 5.32 Å². The summed E-state index contributed by atoms with van der Waals surface area (Å²) >= 11 is 0. The zero-order chi connectivity index (χ0) is 12.0. The molecule has 0 aliphatic carbocycles. The third-order valence-electron chi connectivity index (χ3n) is 2.24. The number of hydrogen-bond acceptors (Lipinski definition) is 1.